The summed E-state index contributed by atoms with van der Waals surface area (Å²) >= 11 is 0. The molecule has 0 aromatic carbocycles. The normalized spacial score (nSPS) is 29.7. The maximum absolute atomic E-state index is 11.1. The van der Waals surface area contributed by atoms with Gasteiger partial charge in [0.25, 0.3) is 0 Å². The van der Waals surface area contributed by atoms with Crippen LogP contribution in [-0.4, -0.2) is 46.3 Å². The zero-order chi connectivity index (χ0) is 13.6. The lowest BCUT2D eigenvalue weighted by atomic mass is 9.92. The molecule has 1 N–H and O–H groups in total. The van der Waals surface area contributed by atoms with Gasteiger partial charge in [-0.15, -0.1) is 0 Å². The molecule has 18 heavy (non-hydrogen) atoms. The molecule has 1 atom stereocenters. The predicted molar refractivity (Wildman–Crippen MR) is 69.6 cm³/mol. The molecule has 0 radical (unpaired) electrons. The van der Waals surface area contributed by atoms with E-state index in [0.717, 1.165) is 13.0 Å². The number of carbonyl (C=O) groups is 1. The number of carboxylic acids is 1. The van der Waals surface area contributed by atoms with Gasteiger partial charge in [0.1, 0.15) is 0 Å². The van der Waals surface area contributed by atoms with E-state index in [0.29, 0.717) is 5.92 Å². The van der Waals surface area contributed by atoms with Crippen molar-refractivity contribution in [3.8, 4) is 0 Å². The van der Waals surface area contributed by atoms with Gasteiger partial charge in [-0.2, -0.15) is 0 Å². The van der Waals surface area contributed by atoms with Crippen LogP contribution in [0.5, 0.6) is 0 Å². The number of hydrogen-bond acceptors (Lipinski definition) is 3. The minimum Gasteiger partial charge on any atom is -0.480 e. The summed E-state index contributed by atoms with van der Waals surface area (Å²) in [6, 6.07) is 0.198. The highest BCUT2D eigenvalue weighted by Gasteiger charge is 2.49. The lowest BCUT2D eigenvalue weighted by Gasteiger charge is -2.35. The molecule has 1 saturated carbocycles. The highest BCUT2D eigenvalue weighted by molar-refractivity contribution is 5.69. The van der Waals surface area contributed by atoms with Crippen molar-refractivity contribution in [1.29, 1.82) is 0 Å². The second-order valence-corrected chi connectivity index (χ2v) is 6.95. The van der Waals surface area contributed by atoms with Crippen LogP contribution in [-0.2, 0) is 9.53 Å². The van der Waals surface area contributed by atoms with Gasteiger partial charge in [-0.1, -0.05) is 0 Å². The number of ether oxygens (including phenoxy) is 1. The van der Waals surface area contributed by atoms with Crippen LogP contribution in [0.15, 0.2) is 0 Å². The molecule has 1 aliphatic heterocycles. The molecule has 0 aromatic heterocycles. The SMILES string of the molecule is CC1(C)CC(N(CC(=O)O)CC2CC2)C(C)(C)O1. The topological polar surface area (TPSA) is 49.8 Å². The molecule has 0 amide bonds. The van der Waals surface area contributed by atoms with E-state index in [1.807, 2.05) is 0 Å². The summed E-state index contributed by atoms with van der Waals surface area (Å²) in [4.78, 5) is 13.2. The third-order valence-electron chi connectivity index (χ3n) is 4.00. The quantitative estimate of drug-likeness (QED) is 0.817. The molecule has 1 saturated heterocycles. The first-order chi connectivity index (χ1) is 8.20. The smallest absolute Gasteiger partial charge is 0.317 e. The van der Waals surface area contributed by atoms with Crippen LogP contribution in [0, 0.1) is 5.92 Å². The van der Waals surface area contributed by atoms with Crippen LogP contribution in [0.1, 0.15) is 47.0 Å². The van der Waals surface area contributed by atoms with Gasteiger partial charge in [-0.05, 0) is 52.9 Å². The van der Waals surface area contributed by atoms with Crippen molar-refractivity contribution >= 4 is 5.97 Å². The van der Waals surface area contributed by atoms with Gasteiger partial charge in [0.05, 0.1) is 17.7 Å². The largest absolute Gasteiger partial charge is 0.480 e. The maximum atomic E-state index is 11.1. The van der Waals surface area contributed by atoms with E-state index in [2.05, 4.69) is 32.6 Å². The van der Waals surface area contributed by atoms with Crippen LogP contribution in [0.25, 0.3) is 0 Å². The van der Waals surface area contributed by atoms with Gasteiger partial charge in [-0.3, -0.25) is 9.69 Å². The molecule has 1 heterocycles. The first-order valence-electron chi connectivity index (χ1n) is 6.86. The Morgan fingerprint density at radius 2 is 1.94 bits per heavy atom. The lowest BCUT2D eigenvalue weighted by Crippen LogP contribution is -2.49. The minimum absolute atomic E-state index is 0.129. The standard InChI is InChI=1S/C14H25NO3/c1-13(2)7-11(14(3,4)18-13)15(9-12(16)17)8-10-5-6-10/h10-11H,5-9H2,1-4H3,(H,16,17). The van der Waals surface area contributed by atoms with Crippen LogP contribution in [0.4, 0.5) is 0 Å². The molecule has 2 fully saturated rings. The van der Waals surface area contributed by atoms with Crippen molar-refractivity contribution in [1.82, 2.24) is 4.90 Å². The Balaban J connectivity index is 2.10. The number of carboxylic acid groups (broad SMARTS) is 1. The molecule has 2 aliphatic rings. The molecule has 4 heteroatoms. The van der Waals surface area contributed by atoms with Crippen molar-refractivity contribution in [2.24, 2.45) is 5.92 Å². The lowest BCUT2D eigenvalue weighted by molar-refractivity contribution is -0.140. The van der Waals surface area contributed by atoms with Gasteiger partial charge in [-0.25, -0.2) is 0 Å². The van der Waals surface area contributed by atoms with Gasteiger partial charge in [0.15, 0.2) is 0 Å². The van der Waals surface area contributed by atoms with Crippen LogP contribution in [0.2, 0.25) is 0 Å². The molecule has 4 nitrogen and oxygen atoms in total. The third kappa shape index (κ3) is 3.23. The van der Waals surface area contributed by atoms with Crippen molar-refractivity contribution in [2.75, 3.05) is 13.1 Å². The molecular weight excluding hydrogens is 230 g/mol. The van der Waals surface area contributed by atoms with Crippen LogP contribution >= 0.6 is 0 Å². The molecule has 0 bridgehead atoms. The van der Waals surface area contributed by atoms with Gasteiger partial charge in [0, 0.05) is 12.6 Å². The molecular formula is C14H25NO3. The fourth-order valence-corrected chi connectivity index (χ4v) is 3.21. The summed E-state index contributed by atoms with van der Waals surface area (Å²) in [5.41, 5.74) is -0.428. The van der Waals surface area contributed by atoms with E-state index >= 15 is 0 Å². The van der Waals surface area contributed by atoms with E-state index in [1.54, 1.807) is 0 Å². The van der Waals surface area contributed by atoms with Crippen molar-refractivity contribution in [2.45, 2.75) is 64.2 Å². The van der Waals surface area contributed by atoms with E-state index in [1.165, 1.54) is 12.8 Å². The fraction of sp³-hybridized carbons (Fsp3) is 0.929. The Labute approximate surface area is 109 Å². The van der Waals surface area contributed by atoms with E-state index in [4.69, 9.17) is 9.84 Å². The van der Waals surface area contributed by atoms with Crippen molar-refractivity contribution in [3.05, 3.63) is 0 Å². The van der Waals surface area contributed by atoms with Crippen molar-refractivity contribution in [3.63, 3.8) is 0 Å². The molecule has 0 aromatic rings. The van der Waals surface area contributed by atoms with E-state index in [-0.39, 0.29) is 23.8 Å². The third-order valence-corrected chi connectivity index (χ3v) is 4.00. The Hall–Kier alpha value is -0.610. The second kappa shape index (κ2) is 4.49. The second-order valence-electron chi connectivity index (χ2n) is 6.95. The maximum Gasteiger partial charge on any atom is 0.317 e. The van der Waals surface area contributed by atoms with E-state index in [9.17, 15) is 4.79 Å². The zero-order valence-corrected chi connectivity index (χ0v) is 11.9. The zero-order valence-electron chi connectivity index (χ0n) is 11.9. The Bertz CT molecular complexity index is 334. The first kappa shape index (κ1) is 13.8. The first-order valence-corrected chi connectivity index (χ1v) is 6.86. The Kier molecular flexibility index (Phi) is 3.45. The van der Waals surface area contributed by atoms with Gasteiger partial charge < -0.3 is 9.84 Å². The number of aliphatic carboxylic acids is 1. The van der Waals surface area contributed by atoms with Crippen LogP contribution < -0.4 is 0 Å². The molecule has 2 rings (SSSR count). The Morgan fingerprint density at radius 1 is 1.33 bits per heavy atom. The van der Waals surface area contributed by atoms with E-state index < -0.39 is 5.97 Å². The molecule has 1 unspecified atom stereocenters. The van der Waals surface area contributed by atoms with Crippen LogP contribution in [0.3, 0.4) is 0 Å². The van der Waals surface area contributed by atoms with Crippen molar-refractivity contribution < 1.29 is 14.6 Å². The summed E-state index contributed by atoms with van der Waals surface area (Å²) in [5, 5.41) is 9.10. The summed E-state index contributed by atoms with van der Waals surface area (Å²) in [6.07, 6.45) is 3.39. The molecule has 0 spiro atoms. The molecule has 1 aliphatic carbocycles. The van der Waals surface area contributed by atoms with Gasteiger partial charge >= 0.3 is 5.97 Å². The minimum atomic E-state index is -0.740. The number of rotatable bonds is 5. The highest BCUT2D eigenvalue weighted by Crippen LogP contribution is 2.41. The molecule has 104 valence electrons. The summed E-state index contributed by atoms with van der Waals surface area (Å²) < 4.78 is 6.08. The summed E-state index contributed by atoms with van der Waals surface area (Å²) in [6.45, 7) is 9.36. The number of nitrogens with zero attached hydrogens (tertiary/aromatic N) is 1. The Morgan fingerprint density at radius 3 is 2.33 bits per heavy atom. The monoisotopic (exact) mass is 255 g/mol. The number of hydrogen-bond donors (Lipinski definition) is 1. The highest BCUT2D eigenvalue weighted by atomic mass is 16.5. The average Bonchev–Trinajstić information content (AvgIpc) is 2.90. The average molecular weight is 255 g/mol. The summed E-state index contributed by atoms with van der Waals surface area (Å²) in [7, 11) is 0. The summed E-state index contributed by atoms with van der Waals surface area (Å²) in [5.74, 6) is -0.0416. The predicted octanol–water partition coefficient (Wildman–Crippen LogP) is 2.13. The fourth-order valence-electron chi connectivity index (χ4n) is 3.21. The van der Waals surface area contributed by atoms with Gasteiger partial charge in [0.2, 0.25) is 0 Å².